The summed E-state index contributed by atoms with van der Waals surface area (Å²) < 4.78 is 66.2. The van der Waals surface area contributed by atoms with E-state index < -0.39 is 82.9 Å². The van der Waals surface area contributed by atoms with Gasteiger partial charge in [0, 0.05) is 22.7 Å². The average Bonchev–Trinajstić information content (AvgIpc) is 2.88. The summed E-state index contributed by atoms with van der Waals surface area (Å²) in [6.07, 6.45) is 0.761. The molecule has 0 aliphatic heterocycles. The molecule has 41 heavy (non-hydrogen) atoms. The van der Waals surface area contributed by atoms with E-state index in [1.807, 2.05) is 0 Å². The second kappa shape index (κ2) is 12.7. The fraction of sp³-hybridized carbons (Fsp3) is 0.357. The van der Waals surface area contributed by atoms with Crippen molar-refractivity contribution in [3.63, 3.8) is 0 Å². The predicted molar refractivity (Wildman–Crippen MR) is 142 cm³/mol. The number of ketones is 1. The Morgan fingerprint density at radius 2 is 1.66 bits per heavy atom. The van der Waals surface area contributed by atoms with Gasteiger partial charge in [0.1, 0.15) is 24.3 Å². The fourth-order valence-corrected chi connectivity index (χ4v) is 4.14. The number of nitrogens with zero attached hydrogens (tertiary/aromatic N) is 1. The Kier molecular flexibility index (Phi) is 9.80. The van der Waals surface area contributed by atoms with Crippen LogP contribution in [0.5, 0.6) is 5.75 Å². The quantitative estimate of drug-likeness (QED) is 0.200. The number of nitrogens with one attached hydrogen (secondary N) is 1. The van der Waals surface area contributed by atoms with Crippen LogP contribution >= 0.6 is 11.6 Å². The van der Waals surface area contributed by atoms with E-state index >= 15 is 0 Å². The molecule has 1 N–H and O–H groups in total. The second-order valence-corrected chi connectivity index (χ2v) is 10.5. The summed E-state index contributed by atoms with van der Waals surface area (Å²) in [6, 6.07) is 3.45. The van der Waals surface area contributed by atoms with E-state index in [2.05, 4.69) is 5.32 Å². The molecule has 220 valence electrons. The maximum atomic E-state index is 14.0. The Balaban J connectivity index is 1.89. The highest BCUT2D eigenvalue weighted by Gasteiger charge is 2.31. The number of esters is 1. The number of fused-ring (bicyclic) bond motifs is 1. The third kappa shape index (κ3) is 7.63. The van der Waals surface area contributed by atoms with Gasteiger partial charge in [0.15, 0.2) is 23.2 Å². The normalized spacial score (nSPS) is 13.0. The number of rotatable bonds is 10. The van der Waals surface area contributed by atoms with E-state index in [1.165, 1.54) is 12.3 Å². The van der Waals surface area contributed by atoms with Crippen LogP contribution in [0, 0.1) is 23.3 Å². The molecule has 8 nitrogen and oxygen atoms in total. The number of ether oxygens (including phenoxy) is 2. The number of halogens is 5. The highest BCUT2D eigenvalue weighted by molar-refractivity contribution is 6.31. The van der Waals surface area contributed by atoms with Crippen LogP contribution in [0.3, 0.4) is 0 Å². The minimum atomic E-state index is -1.87. The molecule has 0 bridgehead atoms. The first kappa shape index (κ1) is 31.6. The zero-order valence-electron chi connectivity index (χ0n) is 22.5. The first-order valence-corrected chi connectivity index (χ1v) is 12.8. The monoisotopic (exact) mass is 598 g/mol. The fourth-order valence-electron chi connectivity index (χ4n) is 3.97. The smallest absolute Gasteiger partial charge is 0.308 e. The average molecular weight is 599 g/mol. The molecule has 1 aromatic heterocycles. The molecule has 0 fully saturated rings. The van der Waals surface area contributed by atoms with Crippen LogP contribution in [0.1, 0.15) is 46.6 Å². The van der Waals surface area contributed by atoms with Crippen molar-refractivity contribution in [1.82, 2.24) is 9.88 Å². The molecule has 0 aliphatic carbocycles. The molecule has 13 heteroatoms. The standard InChI is InChI=1S/C28H27ClF4N2O6/c1-5-20(35-9-8-14-6-7-15(29)10-16(14)27(35)39)26(38)34-19(12-22(37)41-28(2,3)4)21(36)13-40-25-23(32)17(30)11-18(31)24(25)33/h6-11,19-20H,5,12-13H2,1-4H3,(H,34,38). The van der Waals surface area contributed by atoms with E-state index in [0.717, 1.165) is 4.57 Å². The number of hydrogen-bond acceptors (Lipinski definition) is 6. The molecule has 1 heterocycles. The number of benzene rings is 2. The summed E-state index contributed by atoms with van der Waals surface area (Å²) in [5.41, 5.74) is -1.49. The van der Waals surface area contributed by atoms with E-state index in [4.69, 9.17) is 21.1 Å². The van der Waals surface area contributed by atoms with Crippen molar-refractivity contribution in [1.29, 1.82) is 0 Å². The van der Waals surface area contributed by atoms with E-state index in [0.29, 0.717) is 10.4 Å². The molecule has 0 saturated carbocycles. The highest BCUT2D eigenvalue weighted by Crippen LogP contribution is 2.26. The number of hydrogen-bond donors (Lipinski definition) is 1. The van der Waals surface area contributed by atoms with Crippen molar-refractivity contribution in [2.24, 2.45) is 0 Å². The van der Waals surface area contributed by atoms with E-state index in [1.54, 1.807) is 45.9 Å². The molecule has 3 aromatic rings. The van der Waals surface area contributed by atoms with Gasteiger partial charge >= 0.3 is 5.97 Å². The maximum Gasteiger partial charge on any atom is 0.308 e. The summed E-state index contributed by atoms with van der Waals surface area (Å²) in [5, 5.41) is 3.49. The van der Waals surface area contributed by atoms with Gasteiger partial charge in [-0.1, -0.05) is 24.6 Å². The topological polar surface area (TPSA) is 104 Å². The van der Waals surface area contributed by atoms with Crippen molar-refractivity contribution >= 4 is 40.0 Å². The molecule has 0 saturated heterocycles. The predicted octanol–water partition coefficient (Wildman–Crippen LogP) is 5.03. The molecule has 2 unspecified atom stereocenters. The van der Waals surface area contributed by atoms with Crippen LogP contribution < -0.4 is 15.6 Å². The van der Waals surface area contributed by atoms with Gasteiger partial charge in [-0.15, -0.1) is 0 Å². The Bertz CT molecular complexity index is 1530. The highest BCUT2D eigenvalue weighted by atomic mass is 35.5. The van der Waals surface area contributed by atoms with Crippen molar-refractivity contribution < 1.29 is 41.4 Å². The maximum absolute atomic E-state index is 14.0. The lowest BCUT2D eigenvalue weighted by molar-refractivity contribution is -0.156. The molecule has 0 radical (unpaired) electrons. The Hall–Kier alpha value is -3.93. The Morgan fingerprint density at radius 1 is 1.02 bits per heavy atom. The lowest BCUT2D eigenvalue weighted by atomic mass is 10.1. The first-order chi connectivity index (χ1) is 19.1. The van der Waals surface area contributed by atoms with Gasteiger partial charge in [-0.3, -0.25) is 19.2 Å². The third-order valence-electron chi connectivity index (χ3n) is 5.85. The lowest BCUT2D eigenvalue weighted by Crippen LogP contribution is -2.48. The van der Waals surface area contributed by atoms with Crippen LogP contribution in [0.4, 0.5) is 17.6 Å². The van der Waals surface area contributed by atoms with Crippen LogP contribution in [0.2, 0.25) is 5.02 Å². The Labute approximate surface area is 237 Å². The summed E-state index contributed by atoms with van der Waals surface area (Å²) in [5.74, 6) is -11.5. The third-order valence-corrected chi connectivity index (χ3v) is 6.08. The number of Topliss-reactive ketones (excluding diaryl/α,β-unsaturated/α-hetero) is 1. The number of aromatic nitrogens is 1. The second-order valence-electron chi connectivity index (χ2n) is 10.1. The minimum absolute atomic E-state index is 0.0293. The molecular formula is C28H27ClF4N2O6. The van der Waals surface area contributed by atoms with Crippen molar-refractivity contribution in [3.8, 4) is 5.75 Å². The lowest BCUT2D eigenvalue weighted by Gasteiger charge is -2.25. The summed E-state index contributed by atoms with van der Waals surface area (Å²) >= 11 is 6.02. The van der Waals surface area contributed by atoms with E-state index in [9.17, 15) is 36.7 Å². The summed E-state index contributed by atoms with van der Waals surface area (Å²) in [7, 11) is 0. The zero-order valence-corrected chi connectivity index (χ0v) is 23.3. The number of pyridine rings is 1. The van der Waals surface area contributed by atoms with Crippen LogP contribution in [0.25, 0.3) is 10.8 Å². The van der Waals surface area contributed by atoms with Crippen LogP contribution in [0.15, 0.2) is 41.3 Å². The van der Waals surface area contributed by atoms with Crippen molar-refractivity contribution in [2.45, 2.75) is 58.2 Å². The molecule has 1 amide bonds. The van der Waals surface area contributed by atoms with Crippen molar-refractivity contribution in [2.75, 3.05) is 6.61 Å². The molecule has 0 aliphatic rings. The first-order valence-electron chi connectivity index (χ1n) is 12.4. The van der Waals surface area contributed by atoms with Gasteiger partial charge in [-0.05, 0) is 50.8 Å². The largest absolute Gasteiger partial charge is 0.479 e. The molecule has 0 spiro atoms. The summed E-state index contributed by atoms with van der Waals surface area (Å²) in [6.45, 7) is 5.14. The number of carbonyl (C=O) groups is 3. The molecular weight excluding hydrogens is 572 g/mol. The van der Waals surface area contributed by atoms with Gasteiger partial charge in [0.2, 0.25) is 17.5 Å². The van der Waals surface area contributed by atoms with Gasteiger partial charge in [-0.25, -0.2) is 8.78 Å². The van der Waals surface area contributed by atoms with Gasteiger partial charge < -0.3 is 19.4 Å². The molecule has 3 rings (SSSR count). The SMILES string of the molecule is CCC(C(=O)NC(CC(=O)OC(C)(C)C)C(=O)COc1c(F)c(F)cc(F)c1F)n1ccc2ccc(Cl)cc2c1=O. The van der Waals surface area contributed by atoms with Gasteiger partial charge in [0.05, 0.1) is 6.42 Å². The summed E-state index contributed by atoms with van der Waals surface area (Å²) in [4.78, 5) is 52.0. The van der Waals surface area contributed by atoms with Gasteiger partial charge in [0.25, 0.3) is 5.56 Å². The molecule has 2 atom stereocenters. The van der Waals surface area contributed by atoms with E-state index in [-0.39, 0.29) is 17.9 Å². The number of amides is 1. The Morgan fingerprint density at radius 3 is 2.24 bits per heavy atom. The zero-order chi connectivity index (χ0) is 30.6. The van der Waals surface area contributed by atoms with Crippen LogP contribution in [-0.4, -0.2) is 40.5 Å². The van der Waals surface area contributed by atoms with Crippen molar-refractivity contribution in [3.05, 3.63) is 75.2 Å². The molecule has 2 aromatic carbocycles. The van der Waals surface area contributed by atoms with Gasteiger partial charge in [-0.2, -0.15) is 8.78 Å². The minimum Gasteiger partial charge on any atom is -0.479 e. The number of carbonyl (C=O) groups excluding carboxylic acids is 3. The van der Waals surface area contributed by atoms with Crippen LogP contribution in [-0.2, 0) is 19.1 Å².